The Morgan fingerprint density at radius 1 is 1.56 bits per heavy atom. The number of aromatic nitrogens is 2. The predicted molar refractivity (Wildman–Crippen MR) is 63.2 cm³/mol. The summed E-state index contributed by atoms with van der Waals surface area (Å²) in [7, 11) is 4.02. The summed E-state index contributed by atoms with van der Waals surface area (Å²) >= 11 is 0. The second kappa shape index (κ2) is 5.46. The van der Waals surface area contributed by atoms with Crippen LogP contribution in [0.1, 0.15) is 31.0 Å². The maximum atomic E-state index is 5.38. The third-order valence-electron chi connectivity index (χ3n) is 3.34. The molecule has 2 rings (SSSR count). The van der Waals surface area contributed by atoms with Crippen LogP contribution in [0.3, 0.4) is 0 Å². The maximum absolute atomic E-state index is 5.38. The van der Waals surface area contributed by atoms with Gasteiger partial charge in [0.2, 0.25) is 0 Å². The standard InChI is InChI=1S/C12H21N3O/c1-13-11(12-8-15(2)9-14-12)7-10-3-5-16-6-4-10/h8-11,13H,3-7H2,1-2H3. The van der Waals surface area contributed by atoms with Crippen molar-refractivity contribution in [3.63, 3.8) is 0 Å². The summed E-state index contributed by atoms with van der Waals surface area (Å²) in [5.74, 6) is 0.771. The number of rotatable bonds is 4. The first kappa shape index (κ1) is 11.6. The largest absolute Gasteiger partial charge is 0.381 e. The normalized spacial score (nSPS) is 19.9. The lowest BCUT2D eigenvalue weighted by Crippen LogP contribution is -2.24. The quantitative estimate of drug-likeness (QED) is 0.840. The van der Waals surface area contributed by atoms with E-state index in [-0.39, 0.29) is 0 Å². The molecule has 1 aliphatic rings. The van der Waals surface area contributed by atoms with E-state index in [0.29, 0.717) is 6.04 Å². The molecule has 2 heterocycles. The number of imidazole rings is 1. The lowest BCUT2D eigenvalue weighted by Gasteiger charge is -2.25. The van der Waals surface area contributed by atoms with Crippen molar-refractivity contribution < 1.29 is 4.74 Å². The molecule has 1 aliphatic heterocycles. The van der Waals surface area contributed by atoms with Crippen LogP contribution in [0, 0.1) is 5.92 Å². The SMILES string of the molecule is CNC(CC1CCOCC1)c1cn(C)cn1. The molecule has 90 valence electrons. The zero-order valence-corrected chi connectivity index (χ0v) is 10.1. The van der Waals surface area contributed by atoms with Crippen LogP contribution in [0.15, 0.2) is 12.5 Å². The first-order valence-corrected chi connectivity index (χ1v) is 6.02. The van der Waals surface area contributed by atoms with E-state index in [1.54, 1.807) is 0 Å². The van der Waals surface area contributed by atoms with Crippen molar-refractivity contribution >= 4 is 0 Å². The van der Waals surface area contributed by atoms with Crippen molar-refractivity contribution in [1.29, 1.82) is 0 Å². The smallest absolute Gasteiger partial charge is 0.0947 e. The molecule has 1 aromatic heterocycles. The Bertz CT molecular complexity index is 318. The van der Waals surface area contributed by atoms with Crippen LogP contribution < -0.4 is 5.32 Å². The average Bonchev–Trinajstić information content (AvgIpc) is 2.74. The molecule has 1 saturated heterocycles. The van der Waals surface area contributed by atoms with Gasteiger partial charge in [0.15, 0.2) is 0 Å². The van der Waals surface area contributed by atoms with Gasteiger partial charge in [0.1, 0.15) is 0 Å². The molecular weight excluding hydrogens is 202 g/mol. The molecule has 4 heteroatoms. The number of ether oxygens (including phenoxy) is 1. The van der Waals surface area contributed by atoms with Gasteiger partial charge in [-0.2, -0.15) is 0 Å². The molecule has 1 fully saturated rings. The number of aryl methyl sites for hydroxylation is 1. The Morgan fingerprint density at radius 2 is 2.31 bits per heavy atom. The number of hydrogen-bond acceptors (Lipinski definition) is 3. The highest BCUT2D eigenvalue weighted by molar-refractivity contribution is 5.03. The van der Waals surface area contributed by atoms with Gasteiger partial charge in [-0.05, 0) is 32.2 Å². The first-order valence-electron chi connectivity index (χ1n) is 6.02. The van der Waals surface area contributed by atoms with E-state index in [4.69, 9.17) is 4.74 Å². The van der Waals surface area contributed by atoms with E-state index in [2.05, 4.69) is 16.5 Å². The zero-order valence-electron chi connectivity index (χ0n) is 10.1. The van der Waals surface area contributed by atoms with Crippen LogP contribution in [0.4, 0.5) is 0 Å². The second-order valence-corrected chi connectivity index (χ2v) is 4.60. The summed E-state index contributed by atoms with van der Waals surface area (Å²) in [4.78, 5) is 4.42. The van der Waals surface area contributed by atoms with E-state index in [1.165, 1.54) is 12.8 Å². The van der Waals surface area contributed by atoms with Gasteiger partial charge in [-0.1, -0.05) is 0 Å². The highest BCUT2D eigenvalue weighted by atomic mass is 16.5. The molecule has 0 radical (unpaired) electrons. The van der Waals surface area contributed by atoms with Gasteiger partial charge in [-0.25, -0.2) is 4.98 Å². The van der Waals surface area contributed by atoms with Crippen LogP contribution in [-0.2, 0) is 11.8 Å². The van der Waals surface area contributed by atoms with Crippen LogP contribution in [0.25, 0.3) is 0 Å². The second-order valence-electron chi connectivity index (χ2n) is 4.60. The monoisotopic (exact) mass is 223 g/mol. The van der Waals surface area contributed by atoms with Crippen molar-refractivity contribution in [2.45, 2.75) is 25.3 Å². The highest BCUT2D eigenvalue weighted by Gasteiger charge is 2.20. The Balaban J connectivity index is 1.94. The molecule has 0 bridgehead atoms. The predicted octanol–water partition coefficient (Wildman–Crippen LogP) is 1.50. The summed E-state index contributed by atoms with van der Waals surface area (Å²) in [5.41, 5.74) is 1.15. The molecule has 1 atom stereocenters. The van der Waals surface area contributed by atoms with Gasteiger partial charge in [0.05, 0.1) is 18.1 Å². The molecule has 1 aromatic rings. The molecule has 0 spiro atoms. The van der Waals surface area contributed by atoms with Crippen LogP contribution in [-0.4, -0.2) is 29.8 Å². The number of nitrogens with one attached hydrogen (secondary N) is 1. The van der Waals surface area contributed by atoms with E-state index in [1.807, 2.05) is 25.0 Å². The molecule has 0 saturated carbocycles. The molecule has 16 heavy (non-hydrogen) atoms. The van der Waals surface area contributed by atoms with E-state index >= 15 is 0 Å². The highest BCUT2D eigenvalue weighted by Crippen LogP contribution is 2.26. The van der Waals surface area contributed by atoms with Crippen LogP contribution >= 0.6 is 0 Å². The maximum Gasteiger partial charge on any atom is 0.0947 e. The zero-order chi connectivity index (χ0) is 11.4. The van der Waals surface area contributed by atoms with Crippen molar-refractivity contribution in [1.82, 2.24) is 14.9 Å². The number of hydrogen-bond donors (Lipinski definition) is 1. The van der Waals surface area contributed by atoms with Gasteiger partial charge < -0.3 is 14.6 Å². The first-order chi connectivity index (χ1) is 7.79. The Hall–Kier alpha value is -0.870. The van der Waals surface area contributed by atoms with Crippen molar-refractivity contribution in [3.05, 3.63) is 18.2 Å². The summed E-state index contributed by atoms with van der Waals surface area (Å²) in [6.07, 6.45) is 7.50. The molecule has 0 amide bonds. The third-order valence-corrected chi connectivity index (χ3v) is 3.34. The van der Waals surface area contributed by atoms with Crippen molar-refractivity contribution in [3.8, 4) is 0 Å². The Kier molecular flexibility index (Phi) is 3.96. The molecule has 0 aliphatic carbocycles. The fraction of sp³-hybridized carbons (Fsp3) is 0.750. The molecule has 1 N–H and O–H groups in total. The van der Waals surface area contributed by atoms with Crippen LogP contribution in [0.5, 0.6) is 0 Å². The summed E-state index contributed by atoms with van der Waals surface area (Å²) < 4.78 is 7.39. The van der Waals surface area contributed by atoms with Gasteiger partial charge in [-0.15, -0.1) is 0 Å². The van der Waals surface area contributed by atoms with E-state index in [9.17, 15) is 0 Å². The minimum Gasteiger partial charge on any atom is -0.381 e. The molecule has 0 aromatic carbocycles. The minimum atomic E-state index is 0.379. The van der Waals surface area contributed by atoms with E-state index < -0.39 is 0 Å². The topological polar surface area (TPSA) is 39.1 Å². The summed E-state index contributed by atoms with van der Waals surface area (Å²) in [5, 5.41) is 3.36. The Labute approximate surface area is 97.0 Å². The van der Waals surface area contributed by atoms with Gasteiger partial charge in [-0.3, -0.25) is 0 Å². The lowest BCUT2D eigenvalue weighted by atomic mass is 9.91. The molecular formula is C12H21N3O. The van der Waals surface area contributed by atoms with Crippen molar-refractivity contribution in [2.75, 3.05) is 20.3 Å². The van der Waals surface area contributed by atoms with Crippen molar-refractivity contribution in [2.24, 2.45) is 13.0 Å². The van der Waals surface area contributed by atoms with Gasteiger partial charge in [0, 0.05) is 26.5 Å². The lowest BCUT2D eigenvalue weighted by molar-refractivity contribution is 0.0606. The van der Waals surface area contributed by atoms with Gasteiger partial charge in [0.25, 0.3) is 0 Å². The third kappa shape index (κ3) is 2.83. The average molecular weight is 223 g/mol. The molecule has 1 unspecified atom stereocenters. The molecule has 4 nitrogen and oxygen atoms in total. The van der Waals surface area contributed by atoms with E-state index in [0.717, 1.165) is 31.2 Å². The minimum absolute atomic E-state index is 0.379. The summed E-state index contributed by atoms with van der Waals surface area (Å²) in [6, 6.07) is 0.379. The van der Waals surface area contributed by atoms with Gasteiger partial charge >= 0.3 is 0 Å². The fourth-order valence-electron chi connectivity index (χ4n) is 2.31. The summed E-state index contributed by atoms with van der Waals surface area (Å²) in [6.45, 7) is 1.84. The Morgan fingerprint density at radius 3 is 2.88 bits per heavy atom. The number of nitrogens with zero attached hydrogens (tertiary/aromatic N) is 2. The van der Waals surface area contributed by atoms with Crippen LogP contribution in [0.2, 0.25) is 0 Å². The fourth-order valence-corrected chi connectivity index (χ4v) is 2.31.